The first-order valence-electron chi connectivity index (χ1n) is 6.17. The van der Waals surface area contributed by atoms with Crippen LogP contribution in [0.4, 0.5) is 10.2 Å². The topological polar surface area (TPSA) is 37.8 Å². The van der Waals surface area contributed by atoms with Gasteiger partial charge in [-0.3, -0.25) is 0 Å². The highest BCUT2D eigenvalue weighted by Gasteiger charge is 2.13. The van der Waals surface area contributed by atoms with Crippen molar-refractivity contribution in [2.24, 2.45) is 0 Å². The van der Waals surface area contributed by atoms with Gasteiger partial charge in [0.25, 0.3) is 0 Å². The third-order valence-electron chi connectivity index (χ3n) is 2.87. The number of benzene rings is 1. The molecule has 2 aromatic rings. The van der Waals surface area contributed by atoms with Crippen molar-refractivity contribution >= 4 is 33.3 Å². The second-order valence-electron chi connectivity index (χ2n) is 4.67. The van der Waals surface area contributed by atoms with Crippen molar-refractivity contribution in [2.45, 2.75) is 26.3 Å². The monoisotopic (exact) mass is 357 g/mol. The predicted octanol–water partition coefficient (Wildman–Crippen LogP) is 4.77. The van der Waals surface area contributed by atoms with Crippen LogP contribution in [0.5, 0.6) is 0 Å². The number of hydrogen-bond donors (Lipinski definition) is 1. The van der Waals surface area contributed by atoms with Crippen molar-refractivity contribution < 1.29 is 4.39 Å². The summed E-state index contributed by atoms with van der Waals surface area (Å²) in [6.45, 7) is 4.35. The molecule has 0 radical (unpaired) electrons. The number of nitrogens with one attached hydrogen (secondary N) is 1. The Hall–Kier alpha value is -1.20. The summed E-state index contributed by atoms with van der Waals surface area (Å²) in [6, 6.07) is 4.83. The van der Waals surface area contributed by atoms with E-state index in [0.717, 1.165) is 10.0 Å². The molecule has 0 saturated carbocycles. The molecule has 106 valence electrons. The Labute approximate surface area is 130 Å². The van der Waals surface area contributed by atoms with Crippen LogP contribution in [0.2, 0.25) is 5.15 Å². The molecule has 0 unspecified atom stereocenters. The fraction of sp³-hybridized carbons (Fsp3) is 0.286. The Kier molecular flexibility index (Phi) is 4.94. The van der Waals surface area contributed by atoms with Gasteiger partial charge in [0.15, 0.2) is 0 Å². The molecule has 2 rings (SSSR count). The lowest BCUT2D eigenvalue weighted by molar-refractivity contribution is 0.612. The van der Waals surface area contributed by atoms with Crippen LogP contribution < -0.4 is 5.32 Å². The molecule has 1 aromatic carbocycles. The lowest BCUT2D eigenvalue weighted by Crippen LogP contribution is -2.08. The van der Waals surface area contributed by atoms with Gasteiger partial charge in [-0.1, -0.05) is 41.4 Å². The van der Waals surface area contributed by atoms with E-state index in [9.17, 15) is 4.39 Å². The van der Waals surface area contributed by atoms with Crippen molar-refractivity contribution in [2.75, 3.05) is 5.32 Å². The van der Waals surface area contributed by atoms with E-state index in [1.165, 1.54) is 12.4 Å². The zero-order valence-corrected chi connectivity index (χ0v) is 13.5. The van der Waals surface area contributed by atoms with Crippen LogP contribution in [-0.2, 0) is 6.54 Å². The van der Waals surface area contributed by atoms with Gasteiger partial charge < -0.3 is 5.32 Å². The highest BCUT2D eigenvalue weighted by molar-refractivity contribution is 9.10. The van der Waals surface area contributed by atoms with Crippen molar-refractivity contribution in [3.8, 4) is 0 Å². The van der Waals surface area contributed by atoms with E-state index < -0.39 is 0 Å². The van der Waals surface area contributed by atoms with Crippen molar-refractivity contribution in [1.29, 1.82) is 0 Å². The Balaban J connectivity index is 2.23. The molecular formula is C14H14BrClFN3. The average molecular weight is 359 g/mol. The molecule has 0 saturated heterocycles. The molecule has 0 aliphatic carbocycles. The summed E-state index contributed by atoms with van der Waals surface area (Å²) in [4.78, 5) is 8.17. The number of anilines is 1. The van der Waals surface area contributed by atoms with E-state index in [1.54, 1.807) is 12.1 Å². The quantitative estimate of drug-likeness (QED) is 0.800. The molecule has 0 amide bonds. The third kappa shape index (κ3) is 3.46. The number of aromatic nitrogens is 2. The van der Waals surface area contributed by atoms with Crippen LogP contribution >= 0.6 is 27.5 Å². The molecule has 20 heavy (non-hydrogen) atoms. The van der Waals surface area contributed by atoms with Crippen LogP contribution in [-0.4, -0.2) is 9.97 Å². The minimum Gasteiger partial charge on any atom is -0.366 e. The summed E-state index contributed by atoms with van der Waals surface area (Å²) in [5, 5.41) is 3.55. The Morgan fingerprint density at radius 1 is 1.35 bits per heavy atom. The molecule has 0 atom stereocenters. The molecule has 0 spiro atoms. The van der Waals surface area contributed by atoms with E-state index >= 15 is 0 Å². The molecule has 0 aliphatic rings. The minimum atomic E-state index is -0.257. The van der Waals surface area contributed by atoms with Crippen LogP contribution in [0.1, 0.15) is 30.9 Å². The Morgan fingerprint density at radius 3 is 2.80 bits per heavy atom. The second-order valence-corrected chi connectivity index (χ2v) is 5.94. The van der Waals surface area contributed by atoms with Crippen LogP contribution in [0.25, 0.3) is 0 Å². The summed E-state index contributed by atoms with van der Waals surface area (Å²) < 4.78 is 14.5. The second kappa shape index (κ2) is 6.50. The highest BCUT2D eigenvalue weighted by Crippen LogP contribution is 2.28. The summed E-state index contributed by atoms with van der Waals surface area (Å²) in [5.41, 5.74) is 1.40. The van der Waals surface area contributed by atoms with E-state index in [0.29, 0.717) is 23.1 Å². The van der Waals surface area contributed by atoms with Gasteiger partial charge in [0.05, 0.1) is 0 Å². The molecular weight excluding hydrogens is 345 g/mol. The smallest absolute Gasteiger partial charge is 0.138 e. The molecule has 0 aliphatic heterocycles. The highest BCUT2D eigenvalue weighted by atomic mass is 79.9. The molecule has 1 heterocycles. The molecule has 1 aromatic heterocycles. The fourth-order valence-corrected chi connectivity index (χ4v) is 2.64. The van der Waals surface area contributed by atoms with Crippen molar-refractivity contribution in [3.63, 3.8) is 0 Å². The zero-order chi connectivity index (χ0) is 14.7. The third-order valence-corrected chi connectivity index (χ3v) is 3.66. The van der Waals surface area contributed by atoms with Crippen LogP contribution in [0.3, 0.4) is 0 Å². The minimum absolute atomic E-state index is 0.179. The molecule has 6 heteroatoms. The van der Waals surface area contributed by atoms with Crippen molar-refractivity contribution in [1.82, 2.24) is 9.97 Å². The van der Waals surface area contributed by atoms with Crippen LogP contribution in [0.15, 0.2) is 29.0 Å². The summed E-state index contributed by atoms with van der Waals surface area (Å²) in [6.07, 6.45) is 1.40. The van der Waals surface area contributed by atoms with Gasteiger partial charge in [-0.15, -0.1) is 0 Å². The standard InChI is InChI=1S/C14H14BrClFN3/c1-8(2)12-13(16)19-7-20-14(12)18-6-9-5-10(15)3-4-11(9)17/h3-5,7-8H,6H2,1-2H3,(H,18,19,20). The lowest BCUT2D eigenvalue weighted by Gasteiger charge is -2.14. The zero-order valence-electron chi connectivity index (χ0n) is 11.1. The average Bonchev–Trinajstić information content (AvgIpc) is 2.39. The summed E-state index contributed by atoms with van der Waals surface area (Å²) >= 11 is 9.42. The molecule has 3 nitrogen and oxygen atoms in total. The van der Waals surface area contributed by atoms with Gasteiger partial charge in [-0.2, -0.15) is 0 Å². The lowest BCUT2D eigenvalue weighted by atomic mass is 10.1. The van der Waals surface area contributed by atoms with E-state index in [1.807, 2.05) is 13.8 Å². The van der Waals surface area contributed by atoms with Gasteiger partial charge in [0, 0.05) is 22.1 Å². The molecule has 0 fully saturated rings. The normalized spacial score (nSPS) is 10.9. The van der Waals surface area contributed by atoms with Gasteiger partial charge in [-0.05, 0) is 24.1 Å². The summed E-state index contributed by atoms with van der Waals surface area (Å²) in [7, 11) is 0. The van der Waals surface area contributed by atoms with Crippen LogP contribution in [0, 0.1) is 5.82 Å². The van der Waals surface area contributed by atoms with Gasteiger partial charge in [-0.25, -0.2) is 14.4 Å². The van der Waals surface area contributed by atoms with E-state index in [-0.39, 0.29) is 11.7 Å². The Morgan fingerprint density at radius 2 is 2.10 bits per heavy atom. The Bertz CT molecular complexity index is 619. The summed E-state index contributed by atoms with van der Waals surface area (Å²) in [5.74, 6) is 0.560. The fourth-order valence-electron chi connectivity index (χ4n) is 1.88. The first-order valence-corrected chi connectivity index (χ1v) is 7.34. The SMILES string of the molecule is CC(C)c1c(Cl)ncnc1NCc1cc(Br)ccc1F. The number of nitrogens with zero attached hydrogens (tertiary/aromatic N) is 2. The number of hydrogen-bond acceptors (Lipinski definition) is 3. The van der Waals surface area contributed by atoms with E-state index in [2.05, 4.69) is 31.2 Å². The first kappa shape index (κ1) is 15.2. The predicted molar refractivity (Wildman–Crippen MR) is 82.6 cm³/mol. The molecule has 0 bridgehead atoms. The number of rotatable bonds is 4. The van der Waals surface area contributed by atoms with Crippen molar-refractivity contribution in [3.05, 3.63) is 51.1 Å². The maximum Gasteiger partial charge on any atom is 0.138 e. The maximum atomic E-state index is 13.7. The largest absolute Gasteiger partial charge is 0.366 e. The molecule has 1 N–H and O–H groups in total. The van der Waals surface area contributed by atoms with Gasteiger partial charge >= 0.3 is 0 Å². The number of halogens is 3. The van der Waals surface area contributed by atoms with Gasteiger partial charge in [0.2, 0.25) is 0 Å². The van der Waals surface area contributed by atoms with E-state index in [4.69, 9.17) is 11.6 Å². The first-order chi connectivity index (χ1) is 9.49. The maximum absolute atomic E-state index is 13.7. The van der Waals surface area contributed by atoms with Gasteiger partial charge in [0.1, 0.15) is 23.1 Å².